The number of rotatable bonds is 9. The second kappa shape index (κ2) is 13.6. The number of hydrogen-bond donors (Lipinski definition) is 1. The molecule has 1 heterocycles. The van der Waals surface area contributed by atoms with E-state index in [0.717, 1.165) is 24.6 Å². The van der Waals surface area contributed by atoms with Crippen LogP contribution in [0.1, 0.15) is 39.0 Å². The van der Waals surface area contributed by atoms with Crippen molar-refractivity contribution in [2.75, 3.05) is 33.3 Å². The third-order valence-corrected chi connectivity index (χ3v) is 4.11. The van der Waals surface area contributed by atoms with Gasteiger partial charge in [0.2, 0.25) is 0 Å². The zero-order chi connectivity index (χ0) is 15.6. The molecule has 1 aliphatic heterocycles. The summed E-state index contributed by atoms with van der Waals surface area (Å²) in [6.07, 6.45) is 6.34. The van der Waals surface area contributed by atoms with Gasteiger partial charge in [0.05, 0.1) is 7.11 Å². The number of piperidine rings is 1. The highest BCUT2D eigenvalue weighted by Crippen LogP contribution is 2.26. The Kier molecular flexibility index (Phi) is 13.2. The number of benzene rings is 1. The van der Waals surface area contributed by atoms with Crippen LogP contribution in [-0.2, 0) is 0 Å². The lowest BCUT2D eigenvalue weighted by atomic mass is 10.1. The number of hydrogen-bond acceptors (Lipinski definition) is 4. The van der Waals surface area contributed by atoms with Gasteiger partial charge >= 0.3 is 0 Å². The van der Waals surface area contributed by atoms with Crippen LogP contribution >= 0.6 is 24.8 Å². The SMILES string of the molecule is CCCCNC(CN1CCCCC1)Oc1ccccc1OC.Cl.Cl. The lowest BCUT2D eigenvalue weighted by Crippen LogP contribution is -2.46. The predicted octanol–water partition coefficient (Wildman–Crippen LogP) is 4.12. The molecule has 0 aromatic heterocycles. The molecule has 1 aromatic carbocycles. The van der Waals surface area contributed by atoms with E-state index in [4.69, 9.17) is 9.47 Å². The van der Waals surface area contributed by atoms with Crippen molar-refractivity contribution in [3.05, 3.63) is 24.3 Å². The molecule has 1 saturated heterocycles. The summed E-state index contributed by atoms with van der Waals surface area (Å²) in [4.78, 5) is 2.50. The Hall–Kier alpha value is -0.680. The molecule has 0 amide bonds. The monoisotopic (exact) mass is 378 g/mol. The van der Waals surface area contributed by atoms with Crippen LogP contribution in [0.25, 0.3) is 0 Å². The minimum absolute atomic E-state index is 0. The largest absolute Gasteiger partial charge is 0.493 e. The van der Waals surface area contributed by atoms with E-state index in [0.29, 0.717) is 0 Å². The first-order chi connectivity index (χ1) is 10.8. The molecule has 0 saturated carbocycles. The van der Waals surface area contributed by atoms with Gasteiger partial charge in [-0.1, -0.05) is 31.9 Å². The molecule has 24 heavy (non-hydrogen) atoms. The van der Waals surface area contributed by atoms with Gasteiger partial charge in [0.25, 0.3) is 0 Å². The van der Waals surface area contributed by atoms with Crippen molar-refractivity contribution >= 4 is 24.8 Å². The number of para-hydroxylation sites is 2. The van der Waals surface area contributed by atoms with Gasteiger partial charge < -0.3 is 9.47 Å². The Balaban J connectivity index is 0.00000264. The average molecular weight is 379 g/mol. The molecule has 1 fully saturated rings. The third kappa shape index (κ3) is 7.93. The quantitative estimate of drug-likeness (QED) is 0.517. The summed E-state index contributed by atoms with van der Waals surface area (Å²) < 4.78 is 11.6. The Morgan fingerprint density at radius 1 is 1.08 bits per heavy atom. The number of ether oxygens (including phenoxy) is 2. The van der Waals surface area contributed by atoms with E-state index in [1.54, 1.807) is 7.11 Å². The van der Waals surface area contributed by atoms with E-state index in [-0.39, 0.29) is 31.0 Å². The third-order valence-electron chi connectivity index (χ3n) is 4.11. The predicted molar refractivity (Wildman–Crippen MR) is 105 cm³/mol. The van der Waals surface area contributed by atoms with Crippen LogP contribution in [-0.4, -0.2) is 44.4 Å². The van der Waals surface area contributed by atoms with Crippen molar-refractivity contribution in [2.24, 2.45) is 0 Å². The van der Waals surface area contributed by atoms with Gasteiger partial charge in [-0.3, -0.25) is 10.2 Å². The van der Waals surface area contributed by atoms with Gasteiger partial charge in [-0.2, -0.15) is 0 Å². The molecule has 0 radical (unpaired) electrons. The molecule has 0 spiro atoms. The number of unbranched alkanes of at least 4 members (excludes halogenated alkanes) is 1. The summed E-state index contributed by atoms with van der Waals surface area (Å²) in [5.41, 5.74) is 0. The summed E-state index contributed by atoms with van der Waals surface area (Å²) in [6.45, 7) is 6.50. The Bertz CT molecular complexity index is 429. The summed E-state index contributed by atoms with van der Waals surface area (Å²) in [7, 11) is 1.69. The van der Waals surface area contributed by atoms with Crippen molar-refractivity contribution in [1.29, 1.82) is 0 Å². The van der Waals surface area contributed by atoms with Gasteiger partial charge in [0.15, 0.2) is 17.7 Å². The molecule has 1 aliphatic rings. The minimum Gasteiger partial charge on any atom is -0.493 e. The number of methoxy groups -OCH3 is 1. The maximum absolute atomic E-state index is 6.21. The topological polar surface area (TPSA) is 33.7 Å². The van der Waals surface area contributed by atoms with Crippen LogP contribution in [0.2, 0.25) is 0 Å². The lowest BCUT2D eigenvalue weighted by molar-refractivity contribution is 0.0922. The molecule has 1 unspecified atom stereocenters. The Morgan fingerprint density at radius 2 is 1.75 bits per heavy atom. The fourth-order valence-corrected chi connectivity index (χ4v) is 2.83. The average Bonchev–Trinajstić information content (AvgIpc) is 2.56. The fourth-order valence-electron chi connectivity index (χ4n) is 2.83. The maximum Gasteiger partial charge on any atom is 0.163 e. The Labute approximate surface area is 159 Å². The van der Waals surface area contributed by atoms with Crippen LogP contribution in [0.3, 0.4) is 0 Å². The first kappa shape index (κ1) is 23.3. The standard InChI is InChI=1S/C18H30N2O2.2ClH/c1-3-4-12-19-18(15-20-13-8-5-9-14-20)22-17-11-7-6-10-16(17)21-2;;/h6-7,10-11,18-19H,3-5,8-9,12-15H2,1-2H3;2*1H. The second-order valence-corrected chi connectivity index (χ2v) is 5.93. The molecule has 1 aromatic rings. The van der Waals surface area contributed by atoms with Gasteiger partial charge in [-0.15, -0.1) is 24.8 Å². The summed E-state index contributed by atoms with van der Waals surface area (Å²) in [6, 6.07) is 7.88. The highest BCUT2D eigenvalue weighted by molar-refractivity contribution is 5.85. The first-order valence-electron chi connectivity index (χ1n) is 8.59. The molecule has 6 heteroatoms. The molecular weight excluding hydrogens is 347 g/mol. The zero-order valence-corrected chi connectivity index (χ0v) is 16.5. The van der Waals surface area contributed by atoms with E-state index in [1.807, 2.05) is 24.3 Å². The minimum atomic E-state index is 0. The zero-order valence-electron chi connectivity index (χ0n) is 14.8. The number of nitrogens with zero attached hydrogens (tertiary/aromatic N) is 1. The first-order valence-corrected chi connectivity index (χ1v) is 8.59. The smallest absolute Gasteiger partial charge is 0.163 e. The number of halogens is 2. The molecular formula is C18H32Cl2N2O2. The van der Waals surface area contributed by atoms with Crippen molar-refractivity contribution in [3.8, 4) is 11.5 Å². The molecule has 0 bridgehead atoms. The summed E-state index contributed by atoms with van der Waals surface area (Å²) in [5.74, 6) is 1.61. The van der Waals surface area contributed by atoms with Crippen molar-refractivity contribution in [1.82, 2.24) is 10.2 Å². The van der Waals surface area contributed by atoms with Crippen LogP contribution in [0, 0.1) is 0 Å². The van der Waals surface area contributed by atoms with Gasteiger partial charge in [-0.25, -0.2) is 0 Å². The van der Waals surface area contributed by atoms with E-state index in [2.05, 4.69) is 17.1 Å². The summed E-state index contributed by atoms with van der Waals surface area (Å²) >= 11 is 0. The molecule has 140 valence electrons. The van der Waals surface area contributed by atoms with Gasteiger partial charge in [-0.05, 0) is 51.0 Å². The van der Waals surface area contributed by atoms with Gasteiger partial charge in [0.1, 0.15) is 0 Å². The molecule has 1 N–H and O–H groups in total. The van der Waals surface area contributed by atoms with Crippen LogP contribution in [0.5, 0.6) is 11.5 Å². The molecule has 1 atom stereocenters. The molecule has 4 nitrogen and oxygen atoms in total. The van der Waals surface area contributed by atoms with E-state index in [1.165, 1.54) is 45.2 Å². The van der Waals surface area contributed by atoms with E-state index in [9.17, 15) is 0 Å². The maximum atomic E-state index is 6.21. The molecule has 2 rings (SSSR count). The number of likely N-dealkylation sites (tertiary alicyclic amines) is 1. The van der Waals surface area contributed by atoms with E-state index >= 15 is 0 Å². The lowest BCUT2D eigenvalue weighted by Gasteiger charge is -2.31. The second-order valence-electron chi connectivity index (χ2n) is 5.93. The molecule has 0 aliphatic carbocycles. The highest BCUT2D eigenvalue weighted by Gasteiger charge is 2.18. The van der Waals surface area contributed by atoms with E-state index < -0.39 is 0 Å². The van der Waals surface area contributed by atoms with Crippen molar-refractivity contribution < 1.29 is 9.47 Å². The number of nitrogens with one attached hydrogen (secondary N) is 1. The van der Waals surface area contributed by atoms with Crippen molar-refractivity contribution in [2.45, 2.75) is 45.3 Å². The van der Waals surface area contributed by atoms with Crippen molar-refractivity contribution in [3.63, 3.8) is 0 Å². The van der Waals surface area contributed by atoms with Crippen LogP contribution < -0.4 is 14.8 Å². The summed E-state index contributed by atoms with van der Waals surface area (Å²) in [5, 5.41) is 3.55. The van der Waals surface area contributed by atoms with Crippen LogP contribution in [0.4, 0.5) is 0 Å². The normalized spacial score (nSPS) is 15.8. The van der Waals surface area contributed by atoms with Crippen LogP contribution in [0.15, 0.2) is 24.3 Å². The fraction of sp³-hybridized carbons (Fsp3) is 0.667. The Morgan fingerprint density at radius 3 is 2.38 bits per heavy atom. The highest BCUT2D eigenvalue weighted by atomic mass is 35.5. The van der Waals surface area contributed by atoms with Gasteiger partial charge in [0, 0.05) is 6.54 Å².